The van der Waals surface area contributed by atoms with E-state index in [2.05, 4.69) is 30.4 Å². The van der Waals surface area contributed by atoms with Crippen molar-refractivity contribution in [3.8, 4) is 0 Å². The van der Waals surface area contributed by atoms with Gasteiger partial charge in [0.15, 0.2) is 0 Å². The Kier molecular flexibility index (Phi) is 6.98. The Morgan fingerprint density at radius 3 is 2.40 bits per heavy atom. The standard InChI is InChI=1S/C24H32N2O3S/c1-17-6-5-7-21(14-17)16-30(28,29)26-12-10-22(11-13-26)24(27)25-20(4)23-15-18(2)8-9-19(23)3/h5-9,14-15,20,22H,10-13,16H2,1-4H3,(H,25,27)/t20-/m0/s1. The molecule has 2 aromatic carbocycles. The molecule has 1 atom stereocenters. The maximum atomic E-state index is 12.8. The summed E-state index contributed by atoms with van der Waals surface area (Å²) in [7, 11) is -3.38. The number of rotatable bonds is 6. The van der Waals surface area contributed by atoms with Gasteiger partial charge in [-0.2, -0.15) is 0 Å². The van der Waals surface area contributed by atoms with Crippen LogP contribution in [0.15, 0.2) is 42.5 Å². The number of nitrogens with zero attached hydrogens (tertiary/aromatic N) is 1. The second-order valence-electron chi connectivity index (χ2n) is 8.51. The van der Waals surface area contributed by atoms with Crippen molar-refractivity contribution < 1.29 is 13.2 Å². The topological polar surface area (TPSA) is 66.5 Å². The molecule has 2 aromatic rings. The zero-order chi connectivity index (χ0) is 21.9. The van der Waals surface area contributed by atoms with Gasteiger partial charge in [0, 0.05) is 19.0 Å². The van der Waals surface area contributed by atoms with Crippen LogP contribution in [0.3, 0.4) is 0 Å². The lowest BCUT2D eigenvalue weighted by atomic mass is 9.95. The highest BCUT2D eigenvalue weighted by Gasteiger charge is 2.31. The summed E-state index contributed by atoms with van der Waals surface area (Å²) in [5, 5.41) is 3.13. The third kappa shape index (κ3) is 5.49. The Morgan fingerprint density at radius 2 is 1.73 bits per heavy atom. The molecule has 1 heterocycles. The second-order valence-corrected chi connectivity index (χ2v) is 10.5. The molecule has 6 heteroatoms. The molecule has 0 aliphatic carbocycles. The minimum Gasteiger partial charge on any atom is -0.349 e. The number of benzene rings is 2. The predicted molar refractivity (Wildman–Crippen MR) is 121 cm³/mol. The van der Waals surface area contributed by atoms with Gasteiger partial charge < -0.3 is 5.32 Å². The van der Waals surface area contributed by atoms with Crippen LogP contribution in [-0.2, 0) is 20.6 Å². The fourth-order valence-corrected chi connectivity index (χ4v) is 5.69. The Balaban J connectivity index is 1.56. The van der Waals surface area contributed by atoms with E-state index >= 15 is 0 Å². The number of hydrogen-bond acceptors (Lipinski definition) is 3. The molecule has 1 N–H and O–H groups in total. The van der Waals surface area contributed by atoms with E-state index in [0.717, 1.165) is 22.3 Å². The largest absolute Gasteiger partial charge is 0.349 e. The second kappa shape index (κ2) is 9.31. The molecule has 0 bridgehead atoms. The average molecular weight is 429 g/mol. The van der Waals surface area contributed by atoms with E-state index < -0.39 is 10.0 Å². The van der Waals surface area contributed by atoms with Crippen molar-refractivity contribution >= 4 is 15.9 Å². The van der Waals surface area contributed by atoms with Crippen LogP contribution in [0, 0.1) is 26.7 Å². The number of hydrogen-bond donors (Lipinski definition) is 1. The average Bonchev–Trinajstić information content (AvgIpc) is 2.69. The molecule has 5 nitrogen and oxygen atoms in total. The SMILES string of the molecule is Cc1cccc(CS(=O)(=O)N2CCC(C(=O)N[C@@H](C)c3cc(C)ccc3C)CC2)c1. The zero-order valence-electron chi connectivity index (χ0n) is 18.3. The number of amides is 1. The van der Waals surface area contributed by atoms with Crippen molar-refractivity contribution in [3.05, 3.63) is 70.3 Å². The van der Waals surface area contributed by atoms with Gasteiger partial charge in [-0.15, -0.1) is 0 Å². The van der Waals surface area contributed by atoms with Gasteiger partial charge in [-0.3, -0.25) is 4.79 Å². The summed E-state index contributed by atoms with van der Waals surface area (Å²) in [6, 6.07) is 13.8. The number of sulfonamides is 1. The zero-order valence-corrected chi connectivity index (χ0v) is 19.1. The van der Waals surface area contributed by atoms with Gasteiger partial charge in [-0.1, -0.05) is 53.6 Å². The van der Waals surface area contributed by atoms with Crippen LogP contribution in [0.5, 0.6) is 0 Å². The van der Waals surface area contributed by atoms with Crippen LogP contribution < -0.4 is 5.32 Å². The van der Waals surface area contributed by atoms with E-state index in [0.29, 0.717) is 25.9 Å². The van der Waals surface area contributed by atoms with Crippen molar-refractivity contribution in [2.24, 2.45) is 5.92 Å². The predicted octanol–water partition coefficient (Wildman–Crippen LogP) is 4.03. The monoisotopic (exact) mass is 428 g/mol. The molecule has 0 unspecified atom stereocenters. The van der Waals surface area contributed by atoms with E-state index in [4.69, 9.17) is 0 Å². The Bertz CT molecular complexity index is 1010. The molecule has 1 saturated heterocycles. The highest BCUT2D eigenvalue weighted by atomic mass is 32.2. The smallest absolute Gasteiger partial charge is 0.223 e. The summed E-state index contributed by atoms with van der Waals surface area (Å²) in [5.41, 5.74) is 5.31. The molecule has 0 saturated carbocycles. The molecule has 0 spiro atoms. The van der Waals surface area contributed by atoms with E-state index in [1.165, 1.54) is 9.87 Å². The molecule has 1 aliphatic heterocycles. The van der Waals surface area contributed by atoms with Crippen molar-refractivity contribution in [2.45, 2.75) is 52.3 Å². The normalized spacial score (nSPS) is 16.9. The van der Waals surface area contributed by atoms with Gasteiger partial charge in [0.25, 0.3) is 0 Å². The maximum absolute atomic E-state index is 12.8. The summed E-state index contributed by atoms with van der Waals surface area (Å²) in [6.07, 6.45) is 1.11. The molecule has 1 amide bonds. The Morgan fingerprint density at radius 1 is 1.07 bits per heavy atom. The van der Waals surface area contributed by atoms with E-state index in [9.17, 15) is 13.2 Å². The molecular weight excluding hydrogens is 396 g/mol. The molecule has 0 aromatic heterocycles. The lowest BCUT2D eigenvalue weighted by molar-refractivity contribution is -0.126. The molecule has 162 valence electrons. The molecular formula is C24H32N2O3S. The third-order valence-corrected chi connectivity index (χ3v) is 7.76. The number of carbonyl (C=O) groups excluding carboxylic acids is 1. The lowest BCUT2D eigenvalue weighted by Crippen LogP contribution is -2.43. The van der Waals surface area contributed by atoms with E-state index in [1.807, 2.05) is 45.0 Å². The molecule has 1 fully saturated rings. The molecule has 3 rings (SSSR count). The van der Waals surface area contributed by atoms with Gasteiger partial charge in [-0.05, 0) is 57.2 Å². The van der Waals surface area contributed by atoms with Crippen LogP contribution in [0.25, 0.3) is 0 Å². The van der Waals surface area contributed by atoms with Crippen LogP contribution in [0.2, 0.25) is 0 Å². The van der Waals surface area contributed by atoms with Crippen molar-refractivity contribution in [1.82, 2.24) is 9.62 Å². The molecule has 30 heavy (non-hydrogen) atoms. The minimum absolute atomic E-state index is 0.00914. The Hall–Kier alpha value is -2.18. The van der Waals surface area contributed by atoms with Crippen molar-refractivity contribution in [1.29, 1.82) is 0 Å². The summed E-state index contributed by atoms with van der Waals surface area (Å²) in [6.45, 7) is 8.84. The molecule has 0 radical (unpaired) electrons. The number of aryl methyl sites for hydroxylation is 3. The van der Waals surface area contributed by atoms with Crippen LogP contribution in [0.4, 0.5) is 0 Å². The van der Waals surface area contributed by atoms with Gasteiger partial charge in [-0.25, -0.2) is 12.7 Å². The Labute approximate surface area is 180 Å². The highest BCUT2D eigenvalue weighted by Crippen LogP contribution is 2.24. The number of piperidine rings is 1. The van der Waals surface area contributed by atoms with Crippen LogP contribution >= 0.6 is 0 Å². The summed E-state index contributed by atoms with van der Waals surface area (Å²) >= 11 is 0. The fourth-order valence-electron chi connectivity index (χ4n) is 4.14. The summed E-state index contributed by atoms with van der Waals surface area (Å²) in [5.74, 6) is -0.128. The van der Waals surface area contributed by atoms with E-state index in [1.54, 1.807) is 0 Å². The first-order chi connectivity index (χ1) is 14.2. The quantitative estimate of drug-likeness (QED) is 0.755. The van der Waals surface area contributed by atoms with Crippen LogP contribution in [-0.4, -0.2) is 31.7 Å². The van der Waals surface area contributed by atoms with Crippen molar-refractivity contribution in [2.75, 3.05) is 13.1 Å². The van der Waals surface area contributed by atoms with Crippen LogP contribution in [0.1, 0.15) is 53.6 Å². The summed E-state index contributed by atoms with van der Waals surface area (Å²) in [4.78, 5) is 12.8. The van der Waals surface area contributed by atoms with Gasteiger partial charge in [0.05, 0.1) is 11.8 Å². The first-order valence-corrected chi connectivity index (χ1v) is 12.2. The minimum atomic E-state index is -3.38. The number of carbonyl (C=O) groups is 1. The van der Waals surface area contributed by atoms with Crippen molar-refractivity contribution in [3.63, 3.8) is 0 Å². The first kappa shape index (κ1) is 22.5. The maximum Gasteiger partial charge on any atom is 0.223 e. The third-order valence-electron chi connectivity index (χ3n) is 5.91. The lowest BCUT2D eigenvalue weighted by Gasteiger charge is -2.31. The van der Waals surface area contributed by atoms with Gasteiger partial charge >= 0.3 is 0 Å². The summed E-state index contributed by atoms with van der Waals surface area (Å²) < 4.78 is 27.1. The number of nitrogens with one attached hydrogen (secondary N) is 1. The molecule has 1 aliphatic rings. The van der Waals surface area contributed by atoms with E-state index in [-0.39, 0.29) is 23.6 Å². The van der Waals surface area contributed by atoms with Gasteiger partial charge in [0.1, 0.15) is 0 Å². The first-order valence-electron chi connectivity index (χ1n) is 10.6. The van der Waals surface area contributed by atoms with Gasteiger partial charge in [0.2, 0.25) is 15.9 Å². The fraction of sp³-hybridized carbons (Fsp3) is 0.458. The highest BCUT2D eigenvalue weighted by molar-refractivity contribution is 7.88.